The molecule has 7 nitrogen and oxygen atoms in total. The summed E-state index contributed by atoms with van der Waals surface area (Å²) in [4.78, 5) is 24.0. The van der Waals surface area contributed by atoms with E-state index in [9.17, 15) is 18.4 Å². The zero-order valence-electron chi connectivity index (χ0n) is 15.8. The quantitative estimate of drug-likeness (QED) is 0.655. The number of nitrogens with zero attached hydrogens (tertiary/aromatic N) is 1. The average molecular weight is 396 g/mol. The van der Waals surface area contributed by atoms with Crippen LogP contribution in [0, 0.1) is 17.6 Å². The summed E-state index contributed by atoms with van der Waals surface area (Å²) in [5.74, 6) is -2.48. The Kier molecular flexibility index (Phi) is 7.48. The maximum atomic E-state index is 13.6. The minimum Gasteiger partial charge on any atom is -0.482 e. The van der Waals surface area contributed by atoms with Crippen LogP contribution >= 0.6 is 0 Å². The molecule has 0 saturated heterocycles. The first-order valence-corrected chi connectivity index (χ1v) is 8.80. The number of ether oxygens (including phenoxy) is 2. The number of benzene rings is 1. The van der Waals surface area contributed by atoms with Gasteiger partial charge in [-0.15, -0.1) is 0 Å². The molecule has 9 heteroatoms. The number of halogens is 2. The van der Waals surface area contributed by atoms with Crippen molar-refractivity contribution in [3.05, 3.63) is 47.4 Å². The molecule has 1 atom stereocenters. The first-order valence-electron chi connectivity index (χ1n) is 8.80. The largest absolute Gasteiger partial charge is 0.482 e. The van der Waals surface area contributed by atoms with Crippen LogP contribution in [0.2, 0.25) is 0 Å². The summed E-state index contributed by atoms with van der Waals surface area (Å²) in [6.07, 6.45) is 0.0366. The van der Waals surface area contributed by atoms with Gasteiger partial charge >= 0.3 is 5.97 Å². The highest BCUT2D eigenvalue weighted by atomic mass is 19.1. The Labute approximate surface area is 161 Å². The number of carbonyl (C=O) groups is 2. The van der Waals surface area contributed by atoms with Crippen LogP contribution in [-0.2, 0) is 16.1 Å². The lowest BCUT2D eigenvalue weighted by Gasteiger charge is -2.20. The number of aromatic nitrogens is 1. The summed E-state index contributed by atoms with van der Waals surface area (Å²) in [5, 5.41) is 6.38. The summed E-state index contributed by atoms with van der Waals surface area (Å²) >= 11 is 0. The molecule has 0 aliphatic heterocycles. The lowest BCUT2D eigenvalue weighted by Crippen LogP contribution is -2.40. The fourth-order valence-electron chi connectivity index (χ4n) is 2.32. The number of rotatable bonds is 9. The highest BCUT2D eigenvalue weighted by molar-refractivity contribution is 5.92. The summed E-state index contributed by atoms with van der Waals surface area (Å²) in [6, 6.07) is 3.82. The van der Waals surface area contributed by atoms with Crippen LogP contribution in [0.4, 0.5) is 8.78 Å². The SMILES string of the molecule is CCOC(=O)C[C@H](NC(=O)c1cc(COc2ccc(F)cc2F)on1)C(C)C. The lowest BCUT2D eigenvalue weighted by molar-refractivity contribution is -0.143. The van der Waals surface area contributed by atoms with Gasteiger partial charge in [0.2, 0.25) is 0 Å². The van der Waals surface area contributed by atoms with Crippen molar-refractivity contribution in [2.45, 2.75) is 39.8 Å². The molecule has 2 aromatic rings. The standard InChI is InChI=1S/C19H22F2N2O5/c1-4-26-18(24)9-15(11(2)3)22-19(25)16-8-13(28-23-16)10-27-17-6-5-12(20)7-14(17)21/h5-8,11,15H,4,9-10H2,1-3H3,(H,22,25)/t15-/m0/s1. The van der Waals surface area contributed by atoms with Crippen LogP contribution in [0.25, 0.3) is 0 Å². The minimum absolute atomic E-state index is 0.00677. The number of esters is 1. The van der Waals surface area contributed by atoms with Gasteiger partial charge in [-0.25, -0.2) is 8.78 Å². The summed E-state index contributed by atoms with van der Waals surface area (Å²) in [5.41, 5.74) is -0.00677. The maximum absolute atomic E-state index is 13.6. The van der Waals surface area contributed by atoms with E-state index in [2.05, 4.69) is 10.5 Å². The number of carbonyl (C=O) groups excluding carboxylic acids is 2. The molecule has 2 rings (SSSR count). The summed E-state index contributed by atoms with van der Waals surface area (Å²) in [7, 11) is 0. The average Bonchev–Trinajstić information content (AvgIpc) is 3.09. The van der Waals surface area contributed by atoms with E-state index in [1.165, 1.54) is 6.07 Å². The molecule has 1 aromatic carbocycles. The fraction of sp³-hybridized carbons (Fsp3) is 0.421. The van der Waals surface area contributed by atoms with E-state index in [1.54, 1.807) is 6.92 Å². The van der Waals surface area contributed by atoms with E-state index in [-0.39, 0.29) is 42.8 Å². The van der Waals surface area contributed by atoms with Crippen molar-refractivity contribution < 1.29 is 32.4 Å². The molecule has 1 amide bonds. The molecular formula is C19H22F2N2O5. The van der Waals surface area contributed by atoms with Crippen LogP contribution in [0.5, 0.6) is 5.75 Å². The molecule has 0 unspecified atom stereocenters. The molecule has 0 fully saturated rings. The third-order valence-electron chi connectivity index (χ3n) is 3.87. The number of hydrogen-bond donors (Lipinski definition) is 1. The number of hydrogen-bond acceptors (Lipinski definition) is 6. The van der Waals surface area contributed by atoms with Crippen molar-refractivity contribution in [3.63, 3.8) is 0 Å². The van der Waals surface area contributed by atoms with Crippen LogP contribution < -0.4 is 10.1 Å². The monoisotopic (exact) mass is 396 g/mol. The Morgan fingerprint density at radius 1 is 1.25 bits per heavy atom. The second-order valence-corrected chi connectivity index (χ2v) is 6.38. The lowest BCUT2D eigenvalue weighted by atomic mass is 10.0. The molecule has 1 heterocycles. The van der Waals surface area contributed by atoms with Crippen molar-refractivity contribution in [3.8, 4) is 5.75 Å². The van der Waals surface area contributed by atoms with Gasteiger partial charge in [-0.3, -0.25) is 9.59 Å². The highest BCUT2D eigenvalue weighted by Crippen LogP contribution is 2.19. The molecule has 0 aliphatic rings. The van der Waals surface area contributed by atoms with Crippen molar-refractivity contribution in [1.29, 1.82) is 0 Å². The highest BCUT2D eigenvalue weighted by Gasteiger charge is 2.23. The van der Waals surface area contributed by atoms with E-state index in [1.807, 2.05) is 13.8 Å². The van der Waals surface area contributed by atoms with Gasteiger partial charge in [-0.2, -0.15) is 0 Å². The van der Waals surface area contributed by atoms with Crippen LogP contribution in [0.15, 0.2) is 28.8 Å². The second-order valence-electron chi connectivity index (χ2n) is 6.38. The van der Waals surface area contributed by atoms with Crippen molar-refractivity contribution in [2.75, 3.05) is 6.61 Å². The molecule has 0 saturated carbocycles. The van der Waals surface area contributed by atoms with E-state index >= 15 is 0 Å². The minimum atomic E-state index is -0.851. The fourth-order valence-corrected chi connectivity index (χ4v) is 2.32. The molecule has 28 heavy (non-hydrogen) atoms. The van der Waals surface area contributed by atoms with E-state index < -0.39 is 29.6 Å². The molecule has 0 radical (unpaired) electrons. The molecule has 1 N–H and O–H groups in total. The Morgan fingerprint density at radius 2 is 2.00 bits per heavy atom. The topological polar surface area (TPSA) is 90.7 Å². The maximum Gasteiger partial charge on any atom is 0.307 e. The van der Waals surface area contributed by atoms with Gasteiger partial charge < -0.3 is 19.3 Å². The first kappa shape index (κ1) is 21.3. The van der Waals surface area contributed by atoms with Crippen LogP contribution in [0.1, 0.15) is 43.4 Å². The van der Waals surface area contributed by atoms with E-state index in [0.717, 1.165) is 12.1 Å². The summed E-state index contributed by atoms with van der Waals surface area (Å²) in [6.45, 7) is 5.50. The van der Waals surface area contributed by atoms with Gasteiger partial charge in [0, 0.05) is 18.2 Å². The number of nitrogens with one attached hydrogen (secondary N) is 1. The number of amides is 1. The smallest absolute Gasteiger partial charge is 0.307 e. The zero-order chi connectivity index (χ0) is 20.7. The molecule has 0 aliphatic carbocycles. The van der Waals surface area contributed by atoms with Gasteiger partial charge in [0.15, 0.2) is 23.0 Å². The third kappa shape index (κ3) is 6.04. The molecule has 1 aromatic heterocycles. The molecule has 0 bridgehead atoms. The molecular weight excluding hydrogens is 374 g/mol. The van der Waals surface area contributed by atoms with Gasteiger partial charge in [-0.1, -0.05) is 19.0 Å². The Bertz CT molecular complexity index is 822. The summed E-state index contributed by atoms with van der Waals surface area (Å²) < 4.78 is 41.6. The van der Waals surface area contributed by atoms with E-state index in [4.69, 9.17) is 14.0 Å². The van der Waals surface area contributed by atoms with Crippen LogP contribution in [-0.4, -0.2) is 29.7 Å². The van der Waals surface area contributed by atoms with Crippen molar-refractivity contribution >= 4 is 11.9 Å². The van der Waals surface area contributed by atoms with Crippen molar-refractivity contribution in [2.24, 2.45) is 5.92 Å². The van der Waals surface area contributed by atoms with E-state index in [0.29, 0.717) is 6.07 Å². The van der Waals surface area contributed by atoms with Crippen molar-refractivity contribution in [1.82, 2.24) is 10.5 Å². The van der Waals surface area contributed by atoms with Gasteiger partial charge in [0.25, 0.3) is 5.91 Å². The predicted molar refractivity (Wildman–Crippen MR) is 94.5 cm³/mol. The normalized spacial score (nSPS) is 11.9. The Hall–Kier alpha value is -2.97. The van der Waals surface area contributed by atoms with Gasteiger partial charge in [0.05, 0.1) is 13.0 Å². The predicted octanol–water partition coefficient (Wildman–Crippen LogP) is 3.24. The van der Waals surface area contributed by atoms with Gasteiger partial charge in [0.1, 0.15) is 12.4 Å². The second kappa shape index (κ2) is 9.82. The van der Waals surface area contributed by atoms with Crippen LogP contribution in [0.3, 0.4) is 0 Å². The molecule has 152 valence electrons. The third-order valence-corrected chi connectivity index (χ3v) is 3.87. The van der Waals surface area contributed by atoms with Gasteiger partial charge in [-0.05, 0) is 25.0 Å². The Balaban J connectivity index is 1.95. The zero-order valence-corrected chi connectivity index (χ0v) is 15.8. The Morgan fingerprint density at radius 3 is 2.64 bits per heavy atom. The first-order chi connectivity index (χ1) is 13.3. The molecule has 0 spiro atoms.